The number of nitro benzene ring substituents is 1. The van der Waals surface area contributed by atoms with Crippen molar-refractivity contribution in [1.29, 1.82) is 0 Å². The number of esters is 1. The van der Waals surface area contributed by atoms with Gasteiger partial charge in [0.2, 0.25) is 0 Å². The normalized spacial score (nSPS) is 11.1. The molecule has 0 aliphatic rings. The SMILES string of the molecule is O=C(COC(=O)c1ccccc1NS(=O)(=O)c1cccc([N+](=O)[O-])c1)c1ccc2ccccc2c1. The number of benzene rings is 4. The van der Waals surface area contributed by atoms with Crippen LogP contribution in [0, 0.1) is 10.1 Å². The van der Waals surface area contributed by atoms with E-state index in [2.05, 4.69) is 4.72 Å². The molecule has 0 aliphatic carbocycles. The molecule has 176 valence electrons. The van der Waals surface area contributed by atoms with Crippen LogP contribution < -0.4 is 4.72 Å². The molecule has 0 unspecified atom stereocenters. The average Bonchev–Trinajstić information content (AvgIpc) is 2.87. The Hall–Kier alpha value is -4.57. The summed E-state index contributed by atoms with van der Waals surface area (Å²) < 4.78 is 32.9. The maximum absolute atomic E-state index is 12.8. The number of rotatable bonds is 8. The summed E-state index contributed by atoms with van der Waals surface area (Å²) >= 11 is 0. The number of carbonyl (C=O) groups is 2. The predicted octanol–water partition coefficient (Wildman–Crippen LogP) is 4.59. The molecule has 0 bridgehead atoms. The van der Waals surface area contributed by atoms with Crippen molar-refractivity contribution in [3.63, 3.8) is 0 Å². The minimum Gasteiger partial charge on any atom is -0.454 e. The second kappa shape index (κ2) is 9.74. The minimum atomic E-state index is -4.25. The van der Waals surface area contributed by atoms with Crippen LogP contribution in [0.15, 0.2) is 95.9 Å². The molecule has 0 atom stereocenters. The standard InChI is InChI=1S/C25H18N2O7S/c28-24(19-13-12-17-6-1-2-7-18(17)14-19)16-34-25(29)22-10-3-4-11-23(22)26-35(32,33)21-9-5-8-20(15-21)27(30)31/h1-15,26H,16H2. The van der Waals surface area contributed by atoms with Gasteiger partial charge in [-0.25, -0.2) is 13.2 Å². The number of anilines is 1. The van der Waals surface area contributed by atoms with E-state index in [9.17, 15) is 28.1 Å². The number of Topliss-reactive ketones (excluding diaryl/α,β-unsaturated/α-hetero) is 1. The Bertz CT molecular complexity index is 1570. The molecule has 4 rings (SSSR count). The molecule has 0 aliphatic heterocycles. The number of sulfonamides is 1. The fourth-order valence-electron chi connectivity index (χ4n) is 3.37. The summed E-state index contributed by atoms with van der Waals surface area (Å²) in [6, 6.07) is 22.8. The molecular weight excluding hydrogens is 472 g/mol. The predicted molar refractivity (Wildman–Crippen MR) is 129 cm³/mol. The van der Waals surface area contributed by atoms with E-state index in [1.165, 1.54) is 36.4 Å². The van der Waals surface area contributed by atoms with Gasteiger partial charge in [-0.1, -0.05) is 54.6 Å². The lowest BCUT2D eigenvalue weighted by Gasteiger charge is -2.12. The molecular formula is C25H18N2O7S. The van der Waals surface area contributed by atoms with Gasteiger partial charge in [-0.15, -0.1) is 0 Å². The third-order valence-electron chi connectivity index (χ3n) is 5.14. The van der Waals surface area contributed by atoms with Crippen molar-refractivity contribution in [2.24, 2.45) is 0 Å². The fraction of sp³-hybridized carbons (Fsp3) is 0.0400. The fourth-order valence-corrected chi connectivity index (χ4v) is 4.49. The van der Waals surface area contributed by atoms with Crippen LogP contribution in [0.25, 0.3) is 10.8 Å². The Morgan fingerprint density at radius 3 is 2.34 bits per heavy atom. The number of nitro groups is 1. The van der Waals surface area contributed by atoms with E-state index in [-0.39, 0.29) is 16.1 Å². The Morgan fingerprint density at radius 1 is 0.857 bits per heavy atom. The zero-order valence-electron chi connectivity index (χ0n) is 18.1. The van der Waals surface area contributed by atoms with Crippen molar-refractivity contribution >= 4 is 43.9 Å². The maximum Gasteiger partial charge on any atom is 0.340 e. The minimum absolute atomic E-state index is 0.0952. The van der Waals surface area contributed by atoms with E-state index in [1.54, 1.807) is 18.2 Å². The number of nitrogens with zero attached hydrogens (tertiary/aromatic N) is 1. The molecule has 0 spiro atoms. The van der Waals surface area contributed by atoms with Crippen molar-refractivity contribution in [3.05, 3.63) is 112 Å². The topological polar surface area (TPSA) is 133 Å². The number of nitrogens with one attached hydrogen (secondary N) is 1. The lowest BCUT2D eigenvalue weighted by molar-refractivity contribution is -0.385. The van der Waals surface area contributed by atoms with Crippen molar-refractivity contribution < 1.29 is 27.7 Å². The summed E-state index contributed by atoms with van der Waals surface area (Å²) in [6.45, 7) is -0.539. The number of ether oxygens (including phenoxy) is 1. The highest BCUT2D eigenvalue weighted by atomic mass is 32.2. The molecule has 0 aromatic heterocycles. The number of fused-ring (bicyclic) bond motifs is 1. The highest BCUT2D eigenvalue weighted by molar-refractivity contribution is 7.92. The highest BCUT2D eigenvalue weighted by Gasteiger charge is 2.22. The molecule has 9 nitrogen and oxygen atoms in total. The first kappa shape index (κ1) is 23.6. The molecule has 0 saturated carbocycles. The van der Waals surface area contributed by atoms with Crippen LogP contribution in [-0.2, 0) is 14.8 Å². The van der Waals surface area contributed by atoms with Gasteiger partial charge in [0.05, 0.1) is 21.1 Å². The van der Waals surface area contributed by atoms with Crippen LogP contribution in [0.3, 0.4) is 0 Å². The summed E-state index contributed by atoms with van der Waals surface area (Å²) in [5.74, 6) is -1.32. The van der Waals surface area contributed by atoms with Crippen molar-refractivity contribution in [2.45, 2.75) is 4.90 Å². The second-order valence-electron chi connectivity index (χ2n) is 7.47. The third-order valence-corrected chi connectivity index (χ3v) is 6.50. The van der Waals surface area contributed by atoms with Crippen LogP contribution in [0.4, 0.5) is 11.4 Å². The van der Waals surface area contributed by atoms with Gasteiger partial charge in [-0.2, -0.15) is 0 Å². The molecule has 1 N–H and O–H groups in total. The van der Waals surface area contributed by atoms with Gasteiger partial charge in [0.25, 0.3) is 15.7 Å². The zero-order valence-corrected chi connectivity index (χ0v) is 18.9. The molecule has 10 heteroatoms. The van der Waals surface area contributed by atoms with Crippen molar-refractivity contribution in [3.8, 4) is 0 Å². The van der Waals surface area contributed by atoms with Crippen LogP contribution in [0.2, 0.25) is 0 Å². The number of carbonyl (C=O) groups excluding carboxylic acids is 2. The molecule has 4 aromatic carbocycles. The molecule has 0 radical (unpaired) electrons. The van der Waals surface area contributed by atoms with Gasteiger partial charge < -0.3 is 4.74 Å². The maximum atomic E-state index is 12.8. The van der Waals surface area contributed by atoms with Crippen LogP contribution >= 0.6 is 0 Å². The van der Waals surface area contributed by atoms with E-state index in [0.717, 1.165) is 22.9 Å². The Morgan fingerprint density at radius 2 is 1.57 bits per heavy atom. The lowest BCUT2D eigenvalue weighted by atomic mass is 10.0. The summed E-state index contributed by atoms with van der Waals surface area (Å²) in [5, 5.41) is 12.8. The Balaban J connectivity index is 1.50. The number of para-hydroxylation sites is 1. The Labute approximate surface area is 200 Å². The third kappa shape index (κ3) is 5.33. The monoisotopic (exact) mass is 490 g/mol. The van der Waals surface area contributed by atoms with Gasteiger partial charge in [0, 0.05) is 17.7 Å². The largest absolute Gasteiger partial charge is 0.454 e. The molecule has 35 heavy (non-hydrogen) atoms. The van der Waals surface area contributed by atoms with E-state index in [0.29, 0.717) is 5.56 Å². The van der Waals surface area contributed by atoms with Gasteiger partial charge in [0.15, 0.2) is 12.4 Å². The summed E-state index contributed by atoms with van der Waals surface area (Å²) in [6.07, 6.45) is 0. The molecule has 4 aromatic rings. The average molecular weight is 490 g/mol. The summed E-state index contributed by atoms with van der Waals surface area (Å²) in [5.41, 5.74) is -0.237. The van der Waals surface area contributed by atoms with Gasteiger partial charge >= 0.3 is 5.97 Å². The van der Waals surface area contributed by atoms with E-state index < -0.39 is 39.0 Å². The first-order valence-electron chi connectivity index (χ1n) is 10.3. The lowest BCUT2D eigenvalue weighted by Crippen LogP contribution is -2.18. The van der Waals surface area contributed by atoms with Crippen LogP contribution in [-0.4, -0.2) is 31.7 Å². The van der Waals surface area contributed by atoms with E-state index >= 15 is 0 Å². The summed E-state index contributed by atoms with van der Waals surface area (Å²) in [4.78, 5) is 35.2. The zero-order chi connectivity index (χ0) is 25.0. The van der Waals surface area contributed by atoms with E-state index in [4.69, 9.17) is 4.74 Å². The smallest absolute Gasteiger partial charge is 0.340 e. The number of non-ortho nitro benzene ring substituents is 1. The van der Waals surface area contributed by atoms with Crippen molar-refractivity contribution in [1.82, 2.24) is 0 Å². The molecule has 0 fully saturated rings. The van der Waals surface area contributed by atoms with Gasteiger partial charge in [-0.05, 0) is 35.0 Å². The summed E-state index contributed by atoms with van der Waals surface area (Å²) in [7, 11) is -4.25. The van der Waals surface area contributed by atoms with E-state index in [1.807, 2.05) is 24.3 Å². The van der Waals surface area contributed by atoms with Crippen molar-refractivity contribution in [2.75, 3.05) is 11.3 Å². The van der Waals surface area contributed by atoms with Gasteiger partial charge in [-0.3, -0.25) is 19.6 Å². The van der Waals surface area contributed by atoms with Gasteiger partial charge in [0.1, 0.15) is 0 Å². The molecule has 0 heterocycles. The first-order chi connectivity index (χ1) is 16.7. The number of hydrogen-bond donors (Lipinski definition) is 1. The molecule has 0 saturated heterocycles. The Kier molecular flexibility index (Phi) is 6.56. The highest BCUT2D eigenvalue weighted by Crippen LogP contribution is 2.23. The molecule has 0 amide bonds. The second-order valence-corrected chi connectivity index (χ2v) is 9.15. The number of hydrogen-bond acceptors (Lipinski definition) is 7. The number of ketones is 1. The first-order valence-corrected chi connectivity index (χ1v) is 11.8. The van der Waals surface area contributed by atoms with Crippen LogP contribution in [0.5, 0.6) is 0 Å². The van der Waals surface area contributed by atoms with Crippen LogP contribution in [0.1, 0.15) is 20.7 Å². The quantitative estimate of drug-likeness (QED) is 0.165.